The van der Waals surface area contributed by atoms with Crippen LogP contribution in [0.1, 0.15) is 30.5 Å². The third-order valence-electron chi connectivity index (χ3n) is 3.24. The Morgan fingerprint density at radius 3 is 2.70 bits per heavy atom. The van der Waals surface area contributed by atoms with Crippen molar-refractivity contribution in [2.45, 2.75) is 19.4 Å². The Morgan fingerprint density at radius 2 is 2.00 bits per heavy atom. The van der Waals surface area contributed by atoms with E-state index in [1.165, 1.54) is 0 Å². The van der Waals surface area contributed by atoms with Gasteiger partial charge in [0.1, 0.15) is 11.5 Å². The van der Waals surface area contributed by atoms with Crippen molar-refractivity contribution in [3.05, 3.63) is 59.7 Å². The van der Waals surface area contributed by atoms with E-state index < -0.39 is 0 Å². The number of benzene rings is 2. The molecular weight excluding hydrogens is 248 g/mol. The molecule has 102 valence electrons. The molecule has 2 aromatic rings. The predicted molar refractivity (Wildman–Crippen MR) is 79.8 cm³/mol. The Morgan fingerprint density at radius 1 is 1.20 bits per heavy atom. The lowest BCUT2D eigenvalue weighted by Crippen LogP contribution is -2.15. The van der Waals surface area contributed by atoms with E-state index in [4.69, 9.17) is 10.00 Å². The van der Waals surface area contributed by atoms with Gasteiger partial charge < -0.3 is 10.1 Å². The Kier molecular flexibility index (Phi) is 4.75. The molecule has 2 aromatic carbocycles. The summed E-state index contributed by atoms with van der Waals surface area (Å²) in [6, 6.07) is 17.5. The van der Waals surface area contributed by atoms with E-state index in [0.717, 1.165) is 17.7 Å². The summed E-state index contributed by atoms with van der Waals surface area (Å²) in [7, 11) is 1.95. The zero-order chi connectivity index (χ0) is 14.4. The van der Waals surface area contributed by atoms with Gasteiger partial charge in [0.05, 0.1) is 11.6 Å². The summed E-state index contributed by atoms with van der Waals surface area (Å²) in [6.07, 6.45) is 0.981. The summed E-state index contributed by atoms with van der Waals surface area (Å²) in [5.41, 5.74) is 1.72. The van der Waals surface area contributed by atoms with E-state index in [-0.39, 0.29) is 6.04 Å². The number of nitrogens with one attached hydrogen (secondary N) is 1. The highest BCUT2D eigenvalue weighted by Gasteiger charge is 2.12. The highest BCUT2D eigenvalue weighted by atomic mass is 16.5. The maximum absolute atomic E-state index is 8.93. The first-order valence-electron chi connectivity index (χ1n) is 6.72. The molecule has 1 atom stereocenters. The van der Waals surface area contributed by atoms with Gasteiger partial charge in [0.15, 0.2) is 0 Å². The lowest BCUT2D eigenvalue weighted by molar-refractivity contribution is 0.458. The fourth-order valence-corrected chi connectivity index (χ4v) is 2.20. The van der Waals surface area contributed by atoms with Crippen LogP contribution in [0.5, 0.6) is 11.5 Å². The van der Waals surface area contributed by atoms with Gasteiger partial charge in [-0.3, -0.25) is 0 Å². The molecule has 1 N–H and O–H groups in total. The average molecular weight is 266 g/mol. The first kappa shape index (κ1) is 14.1. The molecule has 0 saturated carbocycles. The van der Waals surface area contributed by atoms with Gasteiger partial charge in [-0.2, -0.15) is 5.26 Å². The molecule has 2 rings (SSSR count). The van der Waals surface area contributed by atoms with Crippen molar-refractivity contribution < 1.29 is 4.74 Å². The van der Waals surface area contributed by atoms with Gasteiger partial charge in [-0.25, -0.2) is 0 Å². The Balaban J connectivity index is 2.31. The number of nitriles is 1. The molecule has 0 radical (unpaired) electrons. The topological polar surface area (TPSA) is 45.0 Å². The zero-order valence-corrected chi connectivity index (χ0v) is 11.8. The molecule has 0 heterocycles. The second-order valence-corrected chi connectivity index (χ2v) is 4.53. The summed E-state index contributed by atoms with van der Waals surface area (Å²) in [6.45, 7) is 2.13. The van der Waals surface area contributed by atoms with Crippen molar-refractivity contribution >= 4 is 0 Å². The van der Waals surface area contributed by atoms with Crippen molar-refractivity contribution in [3.63, 3.8) is 0 Å². The molecule has 0 saturated heterocycles. The van der Waals surface area contributed by atoms with Crippen molar-refractivity contribution in [3.8, 4) is 17.6 Å². The largest absolute Gasteiger partial charge is 0.457 e. The fraction of sp³-hybridized carbons (Fsp3) is 0.235. The van der Waals surface area contributed by atoms with Crippen LogP contribution < -0.4 is 10.1 Å². The summed E-state index contributed by atoms with van der Waals surface area (Å²) in [5.74, 6) is 1.51. The molecule has 0 bridgehead atoms. The van der Waals surface area contributed by atoms with Crippen LogP contribution in [0.15, 0.2) is 48.5 Å². The third-order valence-corrected chi connectivity index (χ3v) is 3.24. The lowest BCUT2D eigenvalue weighted by atomic mass is 10.0. The molecule has 1 unspecified atom stereocenters. The van der Waals surface area contributed by atoms with Gasteiger partial charge in [0.25, 0.3) is 0 Å². The average Bonchev–Trinajstić information content (AvgIpc) is 2.50. The van der Waals surface area contributed by atoms with Gasteiger partial charge in [0, 0.05) is 11.6 Å². The normalized spacial score (nSPS) is 11.7. The summed E-state index contributed by atoms with van der Waals surface area (Å²) >= 11 is 0. The van der Waals surface area contributed by atoms with E-state index in [9.17, 15) is 0 Å². The maximum atomic E-state index is 8.93. The molecule has 0 aromatic heterocycles. The molecule has 3 heteroatoms. The molecule has 0 amide bonds. The van der Waals surface area contributed by atoms with E-state index in [0.29, 0.717) is 11.3 Å². The molecular formula is C17H18N2O. The van der Waals surface area contributed by atoms with Crippen LogP contribution in [0.2, 0.25) is 0 Å². The van der Waals surface area contributed by atoms with Gasteiger partial charge >= 0.3 is 0 Å². The van der Waals surface area contributed by atoms with Gasteiger partial charge in [-0.1, -0.05) is 31.2 Å². The van der Waals surface area contributed by atoms with Gasteiger partial charge in [0.2, 0.25) is 0 Å². The quantitative estimate of drug-likeness (QED) is 0.889. The summed E-state index contributed by atoms with van der Waals surface area (Å²) in [4.78, 5) is 0. The van der Waals surface area contributed by atoms with Crippen molar-refractivity contribution in [1.29, 1.82) is 5.26 Å². The van der Waals surface area contributed by atoms with E-state index in [1.807, 2.05) is 37.4 Å². The Bertz CT molecular complexity index is 612. The molecule has 0 aliphatic heterocycles. The Hall–Kier alpha value is -2.31. The minimum atomic E-state index is 0.255. The van der Waals surface area contributed by atoms with Crippen LogP contribution in [0.3, 0.4) is 0 Å². The van der Waals surface area contributed by atoms with E-state index >= 15 is 0 Å². The second-order valence-electron chi connectivity index (χ2n) is 4.53. The summed E-state index contributed by atoms with van der Waals surface area (Å²) < 4.78 is 5.95. The Labute approximate surface area is 119 Å². The molecule has 0 spiro atoms. The van der Waals surface area contributed by atoms with Crippen LogP contribution in [0.25, 0.3) is 0 Å². The first-order valence-corrected chi connectivity index (χ1v) is 6.72. The minimum absolute atomic E-state index is 0.255. The fourth-order valence-electron chi connectivity index (χ4n) is 2.20. The van der Waals surface area contributed by atoms with Crippen LogP contribution in [0, 0.1) is 11.3 Å². The number of rotatable bonds is 5. The zero-order valence-electron chi connectivity index (χ0n) is 11.8. The van der Waals surface area contributed by atoms with Crippen molar-refractivity contribution in [2.75, 3.05) is 7.05 Å². The highest BCUT2D eigenvalue weighted by Crippen LogP contribution is 2.31. The third kappa shape index (κ3) is 3.17. The smallest absolute Gasteiger partial charge is 0.132 e. The number of hydrogen-bond acceptors (Lipinski definition) is 3. The van der Waals surface area contributed by atoms with Crippen LogP contribution in [-0.4, -0.2) is 7.05 Å². The molecule has 0 fully saturated rings. The predicted octanol–water partition coefficient (Wildman–Crippen LogP) is 4.02. The van der Waals surface area contributed by atoms with Crippen LogP contribution in [0.4, 0.5) is 0 Å². The number of hydrogen-bond donors (Lipinski definition) is 1. The summed E-state index contributed by atoms with van der Waals surface area (Å²) in [5, 5.41) is 12.2. The van der Waals surface area contributed by atoms with Crippen LogP contribution >= 0.6 is 0 Å². The minimum Gasteiger partial charge on any atom is -0.457 e. The number of ether oxygens (including phenoxy) is 1. The number of nitrogens with zero attached hydrogens (tertiary/aromatic N) is 1. The van der Waals surface area contributed by atoms with Crippen LogP contribution in [-0.2, 0) is 0 Å². The number of para-hydroxylation sites is 1. The molecule has 3 nitrogen and oxygen atoms in total. The maximum Gasteiger partial charge on any atom is 0.132 e. The molecule has 0 aliphatic rings. The van der Waals surface area contributed by atoms with Crippen molar-refractivity contribution in [2.24, 2.45) is 0 Å². The standard InChI is InChI=1S/C17H18N2O/c1-3-16(19-2)15-9-4-5-10-17(15)20-14-8-6-7-13(11-14)12-18/h4-11,16,19H,3H2,1-2H3. The van der Waals surface area contributed by atoms with Gasteiger partial charge in [-0.15, -0.1) is 0 Å². The first-order chi connectivity index (χ1) is 9.78. The highest BCUT2D eigenvalue weighted by molar-refractivity contribution is 5.42. The lowest BCUT2D eigenvalue weighted by Gasteiger charge is -2.18. The monoisotopic (exact) mass is 266 g/mol. The van der Waals surface area contributed by atoms with E-state index in [2.05, 4.69) is 24.4 Å². The van der Waals surface area contributed by atoms with Crippen molar-refractivity contribution in [1.82, 2.24) is 5.32 Å². The second kappa shape index (κ2) is 6.74. The van der Waals surface area contributed by atoms with Gasteiger partial charge in [-0.05, 0) is 37.7 Å². The molecule has 0 aliphatic carbocycles. The molecule has 20 heavy (non-hydrogen) atoms. The van der Waals surface area contributed by atoms with E-state index in [1.54, 1.807) is 12.1 Å². The SMILES string of the molecule is CCC(NC)c1ccccc1Oc1cccc(C#N)c1.